The molecule has 1 aromatic heterocycles. The molecule has 0 N–H and O–H groups in total. The lowest BCUT2D eigenvalue weighted by Crippen LogP contribution is -2.42. The molecule has 0 saturated heterocycles. The van der Waals surface area contributed by atoms with Crippen LogP contribution in [-0.4, -0.2) is 39.2 Å². The number of fused-ring (bicyclic) bond motifs is 3. The topological polar surface area (TPSA) is 69.3 Å². The highest BCUT2D eigenvalue weighted by atomic mass is 19.1. The Balaban J connectivity index is 1.67. The predicted octanol–water partition coefficient (Wildman–Crippen LogP) is 1.98. The van der Waals surface area contributed by atoms with Crippen LogP contribution >= 0.6 is 0 Å². The van der Waals surface area contributed by atoms with Gasteiger partial charge in [0.25, 0.3) is 12.2 Å². The van der Waals surface area contributed by atoms with E-state index in [0.29, 0.717) is 23.2 Å². The number of carbonyl (C=O) groups is 1. The highest BCUT2D eigenvalue weighted by Crippen LogP contribution is 2.40. The van der Waals surface area contributed by atoms with Gasteiger partial charge >= 0.3 is 5.82 Å². The maximum absolute atomic E-state index is 14.1. The van der Waals surface area contributed by atoms with E-state index in [2.05, 4.69) is 15.3 Å². The van der Waals surface area contributed by atoms with Gasteiger partial charge in [-0.3, -0.25) is 9.69 Å². The standard InChI is InChI=1S/C16H13FN6O/c1-21-15-14(23-7-11(19-20-23)9-5-6-9)18-8-22(15)12-4-2-3-10(17)13(12)16(21)24/h2-4,7-9H,5-6H2,1H3/q+1. The minimum atomic E-state index is -0.540. The molecule has 0 unspecified atom stereocenters. The fourth-order valence-electron chi connectivity index (χ4n) is 3.12. The molecule has 0 spiro atoms. The predicted molar refractivity (Wildman–Crippen MR) is 84.0 cm³/mol. The highest BCUT2D eigenvalue weighted by Gasteiger charge is 2.48. The first-order chi connectivity index (χ1) is 11.6. The Labute approximate surface area is 136 Å². The van der Waals surface area contributed by atoms with Gasteiger partial charge in [0.1, 0.15) is 11.4 Å². The molecule has 3 aliphatic rings. The van der Waals surface area contributed by atoms with E-state index in [1.165, 1.54) is 11.0 Å². The first-order valence-electron chi connectivity index (χ1n) is 7.72. The number of aliphatic imine (C=N–C) groups is 1. The van der Waals surface area contributed by atoms with Crippen molar-refractivity contribution >= 4 is 23.8 Å². The monoisotopic (exact) mass is 324 g/mol. The lowest BCUT2D eigenvalue weighted by Gasteiger charge is -2.24. The summed E-state index contributed by atoms with van der Waals surface area (Å²) < 4.78 is 15.7. The van der Waals surface area contributed by atoms with E-state index >= 15 is 0 Å². The molecule has 2 aromatic rings. The number of hydrogen-bond acceptors (Lipinski definition) is 5. The SMILES string of the molecule is CN1C(=O)c2c(F)cccc2[N+]2C=NC(n3cc(C4CC4)nn3)=C12. The van der Waals surface area contributed by atoms with Crippen molar-refractivity contribution in [3.05, 3.63) is 47.3 Å². The van der Waals surface area contributed by atoms with Crippen LogP contribution < -0.4 is 4.90 Å². The van der Waals surface area contributed by atoms with Crippen molar-refractivity contribution in [3.8, 4) is 0 Å². The number of anilines is 1. The van der Waals surface area contributed by atoms with E-state index in [1.54, 1.807) is 35.1 Å². The quantitative estimate of drug-likeness (QED) is 0.793. The Hall–Kier alpha value is -2.87. The third kappa shape index (κ3) is 1.74. The van der Waals surface area contributed by atoms with Crippen molar-refractivity contribution in [2.45, 2.75) is 18.8 Å². The fourth-order valence-corrected chi connectivity index (χ4v) is 3.12. The van der Waals surface area contributed by atoms with Gasteiger partial charge in [-0.25, -0.2) is 4.39 Å². The summed E-state index contributed by atoms with van der Waals surface area (Å²) in [5.41, 5.74) is 1.47. The molecule has 24 heavy (non-hydrogen) atoms. The first-order valence-corrected chi connectivity index (χ1v) is 7.72. The molecule has 2 aliphatic heterocycles. The maximum Gasteiger partial charge on any atom is 0.318 e. The summed E-state index contributed by atoms with van der Waals surface area (Å²) in [5.74, 6) is 0.582. The van der Waals surface area contributed by atoms with Crippen molar-refractivity contribution in [2.75, 3.05) is 7.05 Å². The number of benzene rings is 1. The molecular formula is C16H13FN6O+. The lowest BCUT2D eigenvalue weighted by molar-refractivity contribution is 0.0810. The van der Waals surface area contributed by atoms with Crippen LogP contribution in [0.4, 0.5) is 10.1 Å². The minimum Gasteiger partial charge on any atom is -0.268 e. The Kier molecular flexibility index (Phi) is 2.58. The summed E-state index contributed by atoms with van der Waals surface area (Å²) in [6.07, 6.45) is 5.68. The molecule has 1 amide bonds. The molecule has 1 fully saturated rings. The summed E-state index contributed by atoms with van der Waals surface area (Å²) in [7, 11) is 1.60. The van der Waals surface area contributed by atoms with Crippen molar-refractivity contribution < 1.29 is 9.18 Å². The molecule has 0 atom stereocenters. The summed E-state index contributed by atoms with van der Waals surface area (Å²) in [6, 6.07) is 4.57. The molecule has 0 bridgehead atoms. The van der Waals surface area contributed by atoms with Crippen LogP contribution in [0.5, 0.6) is 0 Å². The van der Waals surface area contributed by atoms with Crippen molar-refractivity contribution in [1.82, 2.24) is 24.8 Å². The van der Waals surface area contributed by atoms with Crippen LogP contribution in [0.1, 0.15) is 34.8 Å². The molecule has 5 rings (SSSR count). The number of carbonyl (C=O) groups excluding carboxylic acids is 1. The van der Waals surface area contributed by atoms with Gasteiger partial charge in [-0.2, -0.15) is 9.67 Å². The van der Waals surface area contributed by atoms with Gasteiger partial charge in [0.05, 0.1) is 11.9 Å². The highest BCUT2D eigenvalue weighted by molar-refractivity contribution is 6.06. The van der Waals surface area contributed by atoms with Crippen LogP contribution in [0, 0.1) is 5.82 Å². The molecule has 3 heterocycles. The van der Waals surface area contributed by atoms with Crippen molar-refractivity contribution in [3.63, 3.8) is 0 Å². The van der Waals surface area contributed by atoms with Crippen molar-refractivity contribution in [1.29, 1.82) is 0 Å². The number of rotatable bonds is 2. The lowest BCUT2D eigenvalue weighted by atomic mass is 10.1. The van der Waals surface area contributed by atoms with Crippen LogP contribution in [0.2, 0.25) is 0 Å². The number of hydrogen-bond donors (Lipinski definition) is 0. The molecule has 1 aliphatic carbocycles. The van der Waals surface area contributed by atoms with Crippen LogP contribution in [0.3, 0.4) is 0 Å². The second-order valence-electron chi connectivity index (χ2n) is 6.12. The summed E-state index contributed by atoms with van der Waals surface area (Å²) in [5, 5.41) is 8.33. The zero-order valence-electron chi connectivity index (χ0n) is 12.8. The van der Waals surface area contributed by atoms with Gasteiger partial charge in [-0.15, -0.1) is 5.10 Å². The molecule has 7 nitrogen and oxygen atoms in total. The molecule has 8 heteroatoms. The van der Waals surface area contributed by atoms with E-state index in [4.69, 9.17) is 0 Å². The average molecular weight is 324 g/mol. The largest absolute Gasteiger partial charge is 0.318 e. The van der Waals surface area contributed by atoms with Gasteiger partial charge < -0.3 is 0 Å². The van der Waals surface area contributed by atoms with Crippen LogP contribution in [0.25, 0.3) is 5.82 Å². The Morgan fingerprint density at radius 2 is 2.17 bits per heavy atom. The number of nitrogens with zero attached hydrogens (tertiary/aromatic N) is 6. The molecule has 119 valence electrons. The third-order valence-corrected chi connectivity index (χ3v) is 4.53. The Morgan fingerprint density at radius 3 is 2.96 bits per heavy atom. The van der Waals surface area contributed by atoms with Gasteiger partial charge in [0, 0.05) is 19.0 Å². The molecular weight excluding hydrogens is 311 g/mol. The third-order valence-electron chi connectivity index (χ3n) is 4.53. The molecule has 1 radical (unpaired) electrons. The van der Waals surface area contributed by atoms with E-state index in [-0.39, 0.29) is 5.56 Å². The number of aromatic nitrogens is 3. The van der Waals surface area contributed by atoms with Crippen molar-refractivity contribution in [2.24, 2.45) is 4.99 Å². The number of halogens is 1. The average Bonchev–Trinajstić information content (AvgIpc) is 3.14. The second kappa shape index (κ2) is 4.57. The summed E-state index contributed by atoms with van der Waals surface area (Å²) in [6.45, 7) is 0. The summed E-state index contributed by atoms with van der Waals surface area (Å²) in [4.78, 5) is 20.1. The van der Waals surface area contributed by atoms with E-state index in [0.717, 1.165) is 18.5 Å². The minimum absolute atomic E-state index is 0.0497. The Morgan fingerprint density at radius 1 is 1.33 bits per heavy atom. The van der Waals surface area contributed by atoms with Gasteiger partial charge in [0.2, 0.25) is 11.5 Å². The zero-order chi connectivity index (χ0) is 16.4. The van der Waals surface area contributed by atoms with E-state index in [9.17, 15) is 9.18 Å². The zero-order valence-corrected chi connectivity index (χ0v) is 12.8. The summed E-state index contributed by atoms with van der Waals surface area (Å²) >= 11 is 0. The second-order valence-corrected chi connectivity index (χ2v) is 6.12. The number of amides is 1. The van der Waals surface area contributed by atoms with E-state index < -0.39 is 11.7 Å². The molecule has 1 saturated carbocycles. The Bertz CT molecular complexity index is 942. The smallest absolute Gasteiger partial charge is 0.268 e. The fraction of sp³-hybridized carbons (Fsp3) is 0.250. The normalized spacial score (nSPS) is 19.9. The van der Waals surface area contributed by atoms with Crippen LogP contribution in [-0.2, 0) is 0 Å². The van der Waals surface area contributed by atoms with Crippen LogP contribution in [0.15, 0.2) is 35.2 Å². The molecule has 1 aromatic carbocycles. The first kappa shape index (κ1) is 13.6. The van der Waals surface area contributed by atoms with Gasteiger partial charge in [-0.05, 0) is 23.8 Å². The van der Waals surface area contributed by atoms with Gasteiger partial charge in [0.15, 0.2) is 0 Å². The maximum atomic E-state index is 14.1. The van der Waals surface area contributed by atoms with E-state index in [1.807, 2.05) is 6.20 Å². The van der Waals surface area contributed by atoms with Gasteiger partial charge in [-0.1, -0.05) is 11.3 Å².